The smallest absolute Gasteiger partial charge is 0.139 e. The van der Waals surface area contributed by atoms with Gasteiger partial charge in [0.15, 0.2) is 0 Å². The third-order valence-corrected chi connectivity index (χ3v) is 3.69. The Bertz CT molecular complexity index is 481. The number of hydrogen-bond donors (Lipinski definition) is 0. The molecular weight excluding hydrogens is 232 g/mol. The number of pyridine rings is 1. The zero-order chi connectivity index (χ0) is 12.1. The summed E-state index contributed by atoms with van der Waals surface area (Å²) < 4.78 is 7.12. The van der Waals surface area contributed by atoms with Gasteiger partial charge in [-0.25, -0.2) is 4.98 Å². The number of rotatable bonds is 6. The molecule has 4 heteroatoms. The topological polar surface area (TPSA) is 26.5 Å². The maximum Gasteiger partial charge on any atom is 0.139 e. The summed E-state index contributed by atoms with van der Waals surface area (Å²) in [6, 6.07) is 4.15. The predicted molar refractivity (Wildman–Crippen MR) is 72.6 cm³/mol. The minimum Gasteiger partial charge on any atom is -0.385 e. The Balaban J connectivity index is 1.93. The first-order valence-electron chi connectivity index (χ1n) is 5.81. The molecule has 0 fully saturated rings. The molecule has 2 aromatic rings. The van der Waals surface area contributed by atoms with Gasteiger partial charge in [0.25, 0.3) is 0 Å². The molecule has 0 radical (unpaired) electrons. The van der Waals surface area contributed by atoms with Gasteiger partial charge in [-0.1, -0.05) is 6.07 Å². The SMILES string of the molecule is COCCCSCc1cn2cccc(C)c2n1. The molecule has 0 saturated carbocycles. The molecule has 2 heterocycles. The number of hydrogen-bond acceptors (Lipinski definition) is 3. The molecule has 0 aliphatic heterocycles. The van der Waals surface area contributed by atoms with Crippen LogP contribution in [0.1, 0.15) is 17.7 Å². The first-order chi connectivity index (χ1) is 8.31. The highest BCUT2D eigenvalue weighted by Gasteiger charge is 2.03. The number of methoxy groups -OCH3 is 1. The fourth-order valence-electron chi connectivity index (χ4n) is 1.76. The van der Waals surface area contributed by atoms with Crippen molar-refractivity contribution in [1.82, 2.24) is 9.38 Å². The van der Waals surface area contributed by atoms with Crippen molar-refractivity contribution in [3.63, 3.8) is 0 Å². The van der Waals surface area contributed by atoms with Gasteiger partial charge in [0.1, 0.15) is 5.65 Å². The van der Waals surface area contributed by atoms with Crippen LogP contribution in [0.15, 0.2) is 24.5 Å². The largest absolute Gasteiger partial charge is 0.385 e. The van der Waals surface area contributed by atoms with Crippen molar-refractivity contribution < 1.29 is 4.74 Å². The Labute approximate surface area is 106 Å². The lowest BCUT2D eigenvalue weighted by atomic mass is 10.3. The molecule has 0 aliphatic rings. The van der Waals surface area contributed by atoms with Gasteiger partial charge in [-0.05, 0) is 30.7 Å². The van der Waals surface area contributed by atoms with Crippen LogP contribution in [0.4, 0.5) is 0 Å². The van der Waals surface area contributed by atoms with E-state index in [9.17, 15) is 0 Å². The number of imidazole rings is 1. The van der Waals surface area contributed by atoms with E-state index in [0.717, 1.165) is 35.9 Å². The van der Waals surface area contributed by atoms with E-state index in [4.69, 9.17) is 4.74 Å². The summed E-state index contributed by atoms with van der Waals surface area (Å²) >= 11 is 1.91. The van der Waals surface area contributed by atoms with Crippen LogP contribution in [0, 0.1) is 6.92 Å². The molecule has 2 rings (SSSR count). The molecule has 17 heavy (non-hydrogen) atoms. The first kappa shape index (κ1) is 12.5. The van der Waals surface area contributed by atoms with Crippen molar-refractivity contribution in [2.75, 3.05) is 19.5 Å². The van der Waals surface area contributed by atoms with Crippen LogP contribution < -0.4 is 0 Å². The fourth-order valence-corrected chi connectivity index (χ4v) is 2.57. The van der Waals surface area contributed by atoms with Crippen molar-refractivity contribution in [2.24, 2.45) is 0 Å². The highest BCUT2D eigenvalue weighted by Crippen LogP contribution is 2.15. The number of fused-ring (bicyclic) bond motifs is 1. The van der Waals surface area contributed by atoms with Gasteiger partial charge < -0.3 is 9.14 Å². The lowest BCUT2D eigenvalue weighted by Crippen LogP contribution is -1.91. The predicted octanol–water partition coefficient (Wildman–Crippen LogP) is 2.91. The molecule has 0 atom stereocenters. The molecule has 2 aromatic heterocycles. The van der Waals surface area contributed by atoms with E-state index in [1.165, 1.54) is 5.56 Å². The van der Waals surface area contributed by atoms with Crippen molar-refractivity contribution in [1.29, 1.82) is 0 Å². The Hall–Kier alpha value is -1.00. The minimum absolute atomic E-state index is 0.845. The fraction of sp³-hybridized carbons (Fsp3) is 0.462. The number of aryl methyl sites for hydroxylation is 1. The number of nitrogens with zero attached hydrogens (tertiary/aromatic N) is 2. The van der Waals surface area contributed by atoms with Crippen LogP contribution in [0.3, 0.4) is 0 Å². The van der Waals surface area contributed by atoms with Crippen LogP contribution in [0.2, 0.25) is 0 Å². The zero-order valence-corrected chi connectivity index (χ0v) is 11.2. The van der Waals surface area contributed by atoms with Gasteiger partial charge in [0, 0.05) is 31.9 Å². The Kier molecular flexibility index (Phi) is 4.45. The van der Waals surface area contributed by atoms with E-state index in [0.29, 0.717) is 0 Å². The van der Waals surface area contributed by atoms with E-state index < -0.39 is 0 Å². The standard InChI is InChI=1S/C13H18N2OS/c1-11-5-3-6-15-9-12(14-13(11)15)10-17-8-4-7-16-2/h3,5-6,9H,4,7-8,10H2,1-2H3. The minimum atomic E-state index is 0.845. The monoisotopic (exact) mass is 250 g/mol. The third-order valence-electron chi connectivity index (χ3n) is 2.61. The maximum atomic E-state index is 5.02. The van der Waals surface area contributed by atoms with Gasteiger partial charge in [0.2, 0.25) is 0 Å². The molecule has 0 aliphatic carbocycles. The van der Waals surface area contributed by atoms with Crippen LogP contribution in [0.5, 0.6) is 0 Å². The Morgan fingerprint density at radius 3 is 3.12 bits per heavy atom. The lowest BCUT2D eigenvalue weighted by molar-refractivity contribution is 0.200. The van der Waals surface area contributed by atoms with Gasteiger partial charge in [0.05, 0.1) is 5.69 Å². The normalized spacial score (nSPS) is 11.2. The van der Waals surface area contributed by atoms with Crippen LogP contribution in [-0.2, 0) is 10.5 Å². The van der Waals surface area contributed by atoms with E-state index in [2.05, 4.69) is 40.8 Å². The summed E-state index contributed by atoms with van der Waals surface area (Å²) in [6.07, 6.45) is 5.27. The van der Waals surface area contributed by atoms with Gasteiger partial charge in [-0.3, -0.25) is 0 Å². The zero-order valence-electron chi connectivity index (χ0n) is 10.3. The molecule has 0 saturated heterocycles. The molecule has 92 valence electrons. The average molecular weight is 250 g/mol. The van der Waals surface area contributed by atoms with E-state index in [1.807, 2.05) is 11.8 Å². The van der Waals surface area contributed by atoms with Gasteiger partial charge in [-0.15, -0.1) is 0 Å². The molecule has 0 N–H and O–H groups in total. The maximum absolute atomic E-state index is 5.02. The van der Waals surface area contributed by atoms with Crippen LogP contribution >= 0.6 is 11.8 Å². The van der Waals surface area contributed by atoms with Crippen LogP contribution in [0.25, 0.3) is 5.65 Å². The summed E-state index contributed by atoms with van der Waals surface area (Å²) in [4.78, 5) is 4.64. The summed E-state index contributed by atoms with van der Waals surface area (Å²) in [5.74, 6) is 2.10. The Morgan fingerprint density at radius 2 is 2.35 bits per heavy atom. The van der Waals surface area contributed by atoms with Crippen molar-refractivity contribution in [3.8, 4) is 0 Å². The highest BCUT2D eigenvalue weighted by atomic mass is 32.2. The van der Waals surface area contributed by atoms with Crippen molar-refractivity contribution in [3.05, 3.63) is 35.8 Å². The van der Waals surface area contributed by atoms with Crippen molar-refractivity contribution >= 4 is 17.4 Å². The summed E-state index contributed by atoms with van der Waals surface area (Å²) in [6.45, 7) is 2.94. The second-order valence-electron chi connectivity index (χ2n) is 4.05. The number of ether oxygens (including phenoxy) is 1. The molecule has 3 nitrogen and oxygen atoms in total. The quantitative estimate of drug-likeness (QED) is 0.737. The molecule has 0 amide bonds. The highest BCUT2D eigenvalue weighted by molar-refractivity contribution is 7.98. The molecule has 0 unspecified atom stereocenters. The average Bonchev–Trinajstić information content (AvgIpc) is 2.73. The first-order valence-corrected chi connectivity index (χ1v) is 6.96. The third kappa shape index (κ3) is 3.23. The number of thioether (sulfide) groups is 1. The second kappa shape index (κ2) is 6.07. The molecular formula is C13H18N2OS. The van der Waals surface area contributed by atoms with Gasteiger partial charge >= 0.3 is 0 Å². The van der Waals surface area contributed by atoms with E-state index in [-0.39, 0.29) is 0 Å². The summed E-state index contributed by atoms with van der Waals surface area (Å²) in [5.41, 5.74) is 3.45. The van der Waals surface area contributed by atoms with Gasteiger partial charge in [-0.2, -0.15) is 11.8 Å². The molecule has 0 bridgehead atoms. The van der Waals surface area contributed by atoms with E-state index >= 15 is 0 Å². The summed E-state index contributed by atoms with van der Waals surface area (Å²) in [7, 11) is 1.75. The Morgan fingerprint density at radius 1 is 1.47 bits per heavy atom. The molecule has 0 spiro atoms. The molecule has 0 aromatic carbocycles. The van der Waals surface area contributed by atoms with E-state index in [1.54, 1.807) is 7.11 Å². The second-order valence-corrected chi connectivity index (χ2v) is 5.16. The van der Waals surface area contributed by atoms with Crippen LogP contribution in [-0.4, -0.2) is 28.9 Å². The van der Waals surface area contributed by atoms with Crippen molar-refractivity contribution in [2.45, 2.75) is 19.1 Å². The lowest BCUT2D eigenvalue weighted by Gasteiger charge is -1.98. The number of aromatic nitrogens is 2. The summed E-state index contributed by atoms with van der Waals surface area (Å²) in [5, 5.41) is 0.